The van der Waals surface area contributed by atoms with Gasteiger partial charge in [0.25, 0.3) is 0 Å². The van der Waals surface area contributed by atoms with Gasteiger partial charge in [-0.05, 0) is 67.3 Å². The Hall–Kier alpha value is -2.78. The second-order valence-corrected chi connectivity index (χ2v) is 13.4. The number of hydrogen-bond donors (Lipinski definition) is 1. The van der Waals surface area contributed by atoms with Gasteiger partial charge >= 0.3 is 0 Å². The average Bonchev–Trinajstić information content (AvgIpc) is 2.94. The number of sulfonamides is 1. The highest BCUT2D eigenvalue weighted by atomic mass is 35.5. The van der Waals surface area contributed by atoms with E-state index < -0.39 is 16.1 Å². The lowest BCUT2D eigenvalue weighted by atomic mass is 10.0. The van der Waals surface area contributed by atoms with Crippen LogP contribution in [0.15, 0.2) is 72.8 Å². The summed E-state index contributed by atoms with van der Waals surface area (Å²) in [5, 5.41) is 4.35. The zero-order valence-corrected chi connectivity index (χ0v) is 27.0. The molecular formula is C31H36Cl3N3O4S. The summed E-state index contributed by atoms with van der Waals surface area (Å²) in [7, 11) is -3.62. The fraction of sp³-hybridized carbons (Fsp3) is 0.355. The Kier molecular flexibility index (Phi) is 12.5. The lowest BCUT2D eigenvalue weighted by Gasteiger charge is -2.33. The SMILES string of the molecule is CC[C@H](C)NC(=O)[C@H](Cc1ccccc1)N(Cc1ccc(Cl)cc1Cl)C(=O)CCCN(c1ccc(Cl)cc1)S(C)(=O)=O. The summed E-state index contributed by atoms with van der Waals surface area (Å²) in [6.45, 7) is 4.04. The van der Waals surface area contributed by atoms with E-state index in [2.05, 4.69) is 5.32 Å². The maximum atomic E-state index is 13.9. The smallest absolute Gasteiger partial charge is 0.243 e. The van der Waals surface area contributed by atoms with Crippen LogP contribution >= 0.6 is 34.8 Å². The molecule has 2 amide bonds. The van der Waals surface area contributed by atoms with Crippen LogP contribution in [0.4, 0.5) is 5.69 Å². The molecule has 0 aliphatic heterocycles. The molecule has 0 aromatic heterocycles. The highest BCUT2D eigenvalue weighted by molar-refractivity contribution is 7.92. The Morgan fingerprint density at radius 1 is 0.929 bits per heavy atom. The summed E-state index contributed by atoms with van der Waals surface area (Å²) in [5.41, 5.74) is 1.99. The number of hydrogen-bond acceptors (Lipinski definition) is 4. The Balaban J connectivity index is 1.91. The number of anilines is 1. The predicted octanol–water partition coefficient (Wildman–Crippen LogP) is 6.75. The van der Waals surface area contributed by atoms with Crippen LogP contribution in [0.2, 0.25) is 15.1 Å². The molecule has 0 aliphatic carbocycles. The van der Waals surface area contributed by atoms with E-state index in [1.54, 1.807) is 42.5 Å². The maximum absolute atomic E-state index is 13.9. The quantitative estimate of drug-likeness (QED) is 0.209. The first-order chi connectivity index (χ1) is 19.9. The van der Waals surface area contributed by atoms with E-state index in [0.29, 0.717) is 32.7 Å². The van der Waals surface area contributed by atoms with E-state index in [4.69, 9.17) is 34.8 Å². The van der Waals surface area contributed by atoms with Gasteiger partial charge in [0.15, 0.2) is 0 Å². The van der Waals surface area contributed by atoms with Gasteiger partial charge < -0.3 is 10.2 Å². The van der Waals surface area contributed by atoms with Gasteiger partial charge in [0.05, 0.1) is 11.9 Å². The van der Waals surface area contributed by atoms with Crippen molar-refractivity contribution in [3.63, 3.8) is 0 Å². The van der Waals surface area contributed by atoms with Crippen molar-refractivity contribution in [2.75, 3.05) is 17.1 Å². The van der Waals surface area contributed by atoms with Crippen molar-refractivity contribution >= 4 is 62.3 Å². The van der Waals surface area contributed by atoms with Crippen LogP contribution in [0.25, 0.3) is 0 Å². The number of amides is 2. The molecule has 0 unspecified atom stereocenters. The Morgan fingerprint density at radius 2 is 1.57 bits per heavy atom. The lowest BCUT2D eigenvalue weighted by Crippen LogP contribution is -2.52. The van der Waals surface area contributed by atoms with E-state index in [1.165, 1.54) is 9.21 Å². The molecule has 0 heterocycles. The van der Waals surface area contributed by atoms with Crippen LogP contribution in [0.1, 0.15) is 44.2 Å². The van der Waals surface area contributed by atoms with Crippen LogP contribution < -0.4 is 9.62 Å². The highest BCUT2D eigenvalue weighted by Crippen LogP contribution is 2.25. The molecule has 0 spiro atoms. The molecule has 0 saturated carbocycles. The molecular weight excluding hydrogens is 617 g/mol. The topological polar surface area (TPSA) is 86.8 Å². The van der Waals surface area contributed by atoms with Gasteiger partial charge in [-0.1, -0.05) is 78.1 Å². The van der Waals surface area contributed by atoms with Crippen LogP contribution in [0.3, 0.4) is 0 Å². The van der Waals surface area contributed by atoms with Crippen molar-refractivity contribution in [1.82, 2.24) is 10.2 Å². The molecule has 0 aliphatic rings. The number of benzene rings is 3. The van der Waals surface area contributed by atoms with Gasteiger partial charge in [0, 0.05) is 47.0 Å². The number of nitrogens with zero attached hydrogens (tertiary/aromatic N) is 2. The summed E-state index contributed by atoms with van der Waals surface area (Å²) in [6.07, 6.45) is 2.37. The second-order valence-electron chi connectivity index (χ2n) is 10.2. The summed E-state index contributed by atoms with van der Waals surface area (Å²) in [4.78, 5) is 29.1. The zero-order chi connectivity index (χ0) is 30.9. The molecule has 11 heteroatoms. The minimum atomic E-state index is -3.62. The zero-order valence-electron chi connectivity index (χ0n) is 23.9. The van der Waals surface area contributed by atoms with Crippen molar-refractivity contribution in [2.24, 2.45) is 0 Å². The summed E-state index contributed by atoms with van der Waals surface area (Å²) < 4.78 is 26.4. The summed E-state index contributed by atoms with van der Waals surface area (Å²) in [6, 6.07) is 20.1. The van der Waals surface area contributed by atoms with Gasteiger partial charge in [-0.2, -0.15) is 0 Å². The molecule has 0 radical (unpaired) electrons. The molecule has 0 bridgehead atoms. The molecule has 1 N–H and O–H groups in total. The number of nitrogens with one attached hydrogen (secondary N) is 1. The number of carbonyl (C=O) groups is 2. The van der Waals surface area contributed by atoms with Crippen LogP contribution in [0, 0.1) is 0 Å². The lowest BCUT2D eigenvalue weighted by molar-refractivity contribution is -0.141. The Labute approximate surface area is 263 Å². The minimum Gasteiger partial charge on any atom is -0.352 e. The van der Waals surface area contributed by atoms with Crippen molar-refractivity contribution in [1.29, 1.82) is 0 Å². The Morgan fingerprint density at radius 3 is 2.17 bits per heavy atom. The van der Waals surface area contributed by atoms with E-state index in [0.717, 1.165) is 18.2 Å². The molecule has 7 nitrogen and oxygen atoms in total. The molecule has 0 fully saturated rings. The van der Waals surface area contributed by atoms with E-state index >= 15 is 0 Å². The van der Waals surface area contributed by atoms with Crippen molar-refractivity contribution in [3.05, 3.63) is 99.0 Å². The molecule has 2 atom stereocenters. The van der Waals surface area contributed by atoms with Gasteiger partial charge in [0.1, 0.15) is 6.04 Å². The standard InChI is InChI=1S/C31H36Cl3N3O4S/c1-4-22(2)35-31(39)29(19-23-9-6-5-7-10-23)36(21-24-12-13-26(33)20-28(24)34)30(38)11-8-18-37(42(3,40)41)27-16-14-25(32)15-17-27/h5-7,9-10,12-17,20,22,29H,4,8,11,18-19,21H2,1-3H3,(H,35,39)/t22-,29-/m0/s1. The fourth-order valence-electron chi connectivity index (χ4n) is 4.44. The first-order valence-corrected chi connectivity index (χ1v) is 16.7. The molecule has 226 valence electrons. The summed E-state index contributed by atoms with van der Waals surface area (Å²) in [5.74, 6) is -0.573. The Bertz CT molecular complexity index is 1450. The van der Waals surface area contributed by atoms with Gasteiger partial charge in [-0.15, -0.1) is 0 Å². The predicted molar refractivity (Wildman–Crippen MR) is 172 cm³/mol. The van der Waals surface area contributed by atoms with Gasteiger partial charge in [0.2, 0.25) is 21.8 Å². The third kappa shape index (κ3) is 9.90. The van der Waals surface area contributed by atoms with E-state index in [-0.39, 0.29) is 43.8 Å². The number of carbonyl (C=O) groups excluding carboxylic acids is 2. The molecule has 3 aromatic carbocycles. The third-order valence-electron chi connectivity index (χ3n) is 6.89. The van der Waals surface area contributed by atoms with Gasteiger partial charge in [-0.3, -0.25) is 13.9 Å². The first kappa shape index (κ1) is 33.7. The maximum Gasteiger partial charge on any atom is 0.243 e. The minimum absolute atomic E-state index is 0.00667. The van der Waals surface area contributed by atoms with Gasteiger partial charge in [-0.25, -0.2) is 8.42 Å². The number of halogens is 3. The molecule has 42 heavy (non-hydrogen) atoms. The largest absolute Gasteiger partial charge is 0.352 e. The fourth-order valence-corrected chi connectivity index (χ4v) is 6.00. The van der Waals surface area contributed by atoms with E-state index in [9.17, 15) is 18.0 Å². The monoisotopic (exact) mass is 651 g/mol. The van der Waals surface area contributed by atoms with Crippen molar-refractivity contribution in [2.45, 2.75) is 58.2 Å². The number of rotatable bonds is 14. The van der Waals surface area contributed by atoms with E-state index in [1.807, 2.05) is 44.2 Å². The molecule has 3 rings (SSSR count). The van der Waals surface area contributed by atoms with Crippen molar-refractivity contribution in [3.8, 4) is 0 Å². The second kappa shape index (κ2) is 15.6. The first-order valence-electron chi connectivity index (χ1n) is 13.7. The molecule has 3 aromatic rings. The average molecular weight is 653 g/mol. The van der Waals surface area contributed by atoms with Crippen LogP contribution in [-0.4, -0.2) is 50.0 Å². The normalized spacial score (nSPS) is 12.8. The summed E-state index contributed by atoms with van der Waals surface area (Å²) >= 11 is 18.6. The third-order valence-corrected chi connectivity index (χ3v) is 8.93. The van der Waals surface area contributed by atoms with Crippen LogP contribution in [0.5, 0.6) is 0 Å². The van der Waals surface area contributed by atoms with Crippen LogP contribution in [-0.2, 0) is 32.6 Å². The molecule has 0 saturated heterocycles. The highest BCUT2D eigenvalue weighted by Gasteiger charge is 2.31. The van der Waals surface area contributed by atoms with Crippen molar-refractivity contribution < 1.29 is 18.0 Å².